The van der Waals surface area contributed by atoms with E-state index in [4.69, 9.17) is 5.11 Å². The number of halogens is 2. The van der Waals surface area contributed by atoms with Gasteiger partial charge < -0.3 is 15.0 Å². The highest BCUT2D eigenvalue weighted by Crippen LogP contribution is 2.47. The molecule has 0 spiro atoms. The van der Waals surface area contributed by atoms with Crippen LogP contribution in [-0.2, 0) is 10.3 Å². The Morgan fingerprint density at radius 1 is 1.45 bits per heavy atom. The van der Waals surface area contributed by atoms with Gasteiger partial charge in [0.05, 0.1) is 11.3 Å². The summed E-state index contributed by atoms with van der Waals surface area (Å²) in [6.07, 6.45) is -1.66. The van der Waals surface area contributed by atoms with E-state index in [0.29, 0.717) is 0 Å². The third-order valence-corrected chi connectivity index (χ3v) is 3.24. The highest BCUT2D eigenvalue weighted by atomic mass is 19.3. The lowest BCUT2D eigenvalue weighted by atomic mass is 10.2. The van der Waals surface area contributed by atoms with Crippen molar-refractivity contribution in [2.24, 2.45) is 0 Å². The number of carboxylic acids is 1. The first-order chi connectivity index (χ1) is 9.28. The predicted molar refractivity (Wildman–Crippen MR) is 65.2 cm³/mol. The van der Waals surface area contributed by atoms with Crippen LogP contribution in [-0.4, -0.2) is 28.0 Å². The predicted octanol–water partition coefficient (Wildman–Crippen LogP) is 1.26. The van der Waals surface area contributed by atoms with E-state index in [1.807, 2.05) is 0 Å². The molecule has 1 amide bonds. The summed E-state index contributed by atoms with van der Waals surface area (Å²) in [5, 5.41) is 11.3. The van der Waals surface area contributed by atoms with E-state index in [9.17, 15) is 23.2 Å². The number of carbonyl (C=O) groups excluding carboxylic acids is 1. The largest absolute Gasteiger partial charge is 0.478 e. The quantitative estimate of drug-likeness (QED) is 0.872. The van der Waals surface area contributed by atoms with Crippen LogP contribution in [0.4, 0.5) is 14.5 Å². The summed E-state index contributed by atoms with van der Waals surface area (Å²) in [5.41, 5.74) is -2.98. The smallest absolute Gasteiger partial charge is 0.339 e. The van der Waals surface area contributed by atoms with Crippen LogP contribution in [0.5, 0.6) is 0 Å². The summed E-state index contributed by atoms with van der Waals surface area (Å²) in [7, 11) is 0. The number of hydrogen-bond acceptors (Lipinski definition) is 3. The van der Waals surface area contributed by atoms with Crippen LogP contribution in [0.1, 0.15) is 30.1 Å². The van der Waals surface area contributed by atoms with Crippen molar-refractivity contribution in [1.82, 2.24) is 4.57 Å². The van der Waals surface area contributed by atoms with E-state index in [0.717, 1.165) is 23.8 Å². The molecule has 1 aromatic heterocycles. The van der Waals surface area contributed by atoms with E-state index in [-0.39, 0.29) is 18.5 Å². The van der Waals surface area contributed by atoms with Crippen LogP contribution in [0.15, 0.2) is 17.1 Å². The number of aromatic carboxylic acids is 1. The molecule has 1 saturated carbocycles. The maximum Gasteiger partial charge on any atom is 0.339 e. The monoisotopic (exact) mass is 286 g/mol. The first kappa shape index (κ1) is 14.2. The van der Waals surface area contributed by atoms with Gasteiger partial charge in [0.1, 0.15) is 5.54 Å². The zero-order chi connectivity index (χ0) is 15.1. The molecule has 0 unspecified atom stereocenters. The summed E-state index contributed by atoms with van der Waals surface area (Å²) >= 11 is 0. The highest BCUT2D eigenvalue weighted by Gasteiger charge is 2.53. The van der Waals surface area contributed by atoms with Gasteiger partial charge in [0.25, 0.3) is 12.0 Å². The topological polar surface area (TPSA) is 88.4 Å². The fourth-order valence-electron chi connectivity index (χ4n) is 2.04. The molecule has 108 valence electrons. The lowest BCUT2D eigenvalue weighted by Gasteiger charge is -2.19. The molecule has 1 fully saturated rings. The maximum absolute atomic E-state index is 13.0. The van der Waals surface area contributed by atoms with Crippen molar-refractivity contribution in [3.63, 3.8) is 0 Å². The number of nitrogens with one attached hydrogen (secondary N) is 1. The molecule has 0 aliphatic heterocycles. The van der Waals surface area contributed by atoms with Gasteiger partial charge in [-0.05, 0) is 12.8 Å². The molecule has 6 nitrogen and oxygen atoms in total. The molecule has 0 radical (unpaired) electrons. The van der Waals surface area contributed by atoms with Crippen molar-refractivity contribution in [1.29, 1.82) is 0 Å². The summed E-state index contributed by atoms with van der Waals surface area (Å²) in [5.74, 6) is -1.97. The molecule has 0 aromatic carbocycles. The van der Waals surface area contributed by atoms with E-state index in [2.05, 4.69) is 5.32 Å². The maximum atomic E-state index is 13.0. The van der Waals surface area contributed by atoms with Crippen LogP contribution < -0.4 is 10.9 Å². The van der Waals surface area contributed by atoms with Crippen molar-refractivity contribution < 1.29 is 23.5 Å². The minimum Gasteiger partial charge on any atom is -0.478 e. The number of carboxylic acid groups (broad SMARTS) is 1. The first-order valence-corrected chi connectivity index (χ1v) is 5.84. The molecule has 1 aromatic rings. The van der Waals surface area contributed by atoms with Crippen molar-refractivity contribution >= 4 is 17.6 Å². The Morgan fingerprint density at radius 3 is 2.45 bits per heavy atom. The van der Waals surface area contributed by atoms with Gasteiger partial charge in [-0.2, -0.15) is 0 Å². The molecule has 2 rings (SSSR count). The Balaban J connectivity index is 2.57. The third-order valence-electron chi connectivity index (χ3n) is 3.24. The zero-order valence-electron chi connectivity index (χ0n) is 10.5. The zero-order valence-corrected chi connectivity index (χ0v) is 10.5. The molecule has 1 aliphatic carbocycles. The van der Waals surface area contributed by atoms with Gasteiger partial charge in [-0.3, -0.25) is 9.59 Å². The van der Waals surface area contributed by atoms with Gasteiger partial charge in [-0.25, -0.2) is 13.6 Å². The lowest BCUT2D eigenvalue weighted by Crippen LogP contribution is -2.36. The molecule has 0 bridgehead atoms. The number of anilines is 1. The third kappa shape index (κ3) is 2.28. The van der Waals surface area contributed by atoms with Crippen LogP contribution in [0.3, 0.4) is 0 Å². The van der Waals surface area contributed by atoms with Gasteiger partial charge in [-0.1, -0.05) is 0 Å². The summed E-state index contributed by atoms with van der Waals surface area (Å²) in [4.78, 5) is 34.0. The highest BCUT2D eigenvalue weighted by molar-refractivity contribution is 5.99. The molecule has 0 atom stereocenters. The molecule has 20 heavy (non-hydrogen) atoms. The second-order valence-electron chi connectivity index (χ2n) is 4.70. The standard InChI is InChI=1S/C12H12F2N2O4/c1-6(17)15-8-4-9(18)16(5-7(8)10(19)20)12(2-3-12)11(13)14/h4-5,11H,2-3H2,1H3,(H,15,17)(H,19,20). The number of hydrogen-bond donors (Lipinski definition) is 2. The lowest BCUT2D eigenvalue weighted by molar-refractivity contribution is -0.114. The molecular weight excluding hydrogens is 274 g/mol. The van der Waals surface area contributed by atoms with Crippen molar-refractivity contribution in [2.75, 3.05) is 5.32 Å². The Bertz CT molecular complexity index is 635. The molecule has 1 heterocycles. The van der Waals surface area contributed by atoms with E-state index < -0.39 is 35.0 Å². The molecular formula is C12H12F2N2O4. The Labute approximate surface area is 112 Å². The van der Waals surface area contributed by atoms with Crippen LogP contribution in [0.25, 0.3) is 0 Å². The average Bonchev–Trinajstić information content (AvgIpc) is 3.08. The first-order valence-electron chi connectivity index (χ1n) is 5.84. The Hall–Kier alpha value is -2.25. The average molecular weight is 286 g/mol. The molecule has 2 N–H and O–H groups in total. The minimum absolute atomic E-state index is 0.114. The second kappa shape index (κ2) is 4.69. The number of carbonyl (C=O) groups is 2. The minimum atomic E-state index is -2.76. The van der Waals surface area contributed by atoms with E-state index >= 15 is 0 Å². The van der Waals surface area contributed by atoms with E-state index in [1.165, 1.54) is 0 Å². The normalized spacial score (nSPS) is 16.0. The Kier molecular flexibility index (Phi) is 3.33. The van der Waals surface area contributed by atoms with Crippen LogP contribution in [0.2, 0.25) is 0 Å². The number of rotatable bonds is 4. The van der Waals surface area contributed by atoms with E-state index in [1.54, 1.807) is 0 Å². The summed E-state index contributed by atoms with van der Waals surface area (Å²) < 4.78 is 26.8. The fraction of sp³-hybridized carbons (Fsp3) is 0.417. The van der Waals surface area contributed by atoms with Crippen molar-refractivity contribution in [3.05, 3.63) is 28.2 Å². The van der Waals surface area contributed by atoms with Crippen LogP contribution in [0, 0.1) is 0 Å². The van der Waals surface area contributed by atoms with Gasteiger partial charge in [0.15, 0.2) is 0 Å². The number of aromatic nitrogens is 1. The van der Waals surface area contributed by atoms with Gasteiger partial charge in [-0.15, -0.1) is 0 Å². The summed E-state index contributed by atoms with van der Waals surface area (Å²) in [6.45, 7) is 1.15. The Morgan fingerprint density at radius 2 is 2.05 bits per heavy atom. The molecule has 1 aliphatic rings. The van der Waals surface area contributed by atoms with Crippen molar-refractivity contribution in [3.8, 4) is 0 Å². The molecule has 8 heteroatoms. The SMILES string of the molecule is CC(=O)Nc1cc(=O)n(C2(C(F)F)CC2)cc1C(=O)O. The van der Waals surface area contributed by atoms with Crippen LogP contribution >= 0.6 is 0 Å². The van der Waals surface area contributed by atoms with Gasteiger partial charge in [0, 0.05) is 19.2 Å². The molecule has 0 saturated heterocycles. The summed E-state index contributed by atoms with van der Waals surface area (Å²) in [6, 6.07) is 0.854. The fourth-order valence-corrected chi connectivity index (χ4v) is 2.04. The number of pyridine rings is 1. The van der Waals surface area contributed by atoms with Crippen molar-refractivity contribution in [2.45, 2.75) is 31.7 Å². The number of nitrogens with zero attached hydrogens (tertiary/aromatic N) is 1. The van der Waals surface area contributed by atoms with Gasteiger partial charge >= 0.3 is 5.97 Å². The number of alkyl halides is 2. The number of amides is 1. The van der Waals surface area contributed by atoms with Gasteiger partial charge in [0.2, 0.25) is 5.91 Å². The second-order valence-corrected chi connectivity index (χ2v) is 4.70.